The van der Waals surface area contributed by atoms with Crippen LogP contribution in [0.2, 0.25) is 10.0 Å². The SMILES string of the molecule is C/C(=N\OC(=O)c1ccc(Cl)cc1)c1ccn(S(=O)(=O)c2ccc(Cl)cc2)c1. The summed E-state index contributed by atoms with van der Waals surface area (Å²) in [7, 11) is -3.76. The Hall–Kier alpha value is -2.61. The van der Waals surface area contributed by atoms with Crippen molar-refractivity contribution in [2.75, 3.05) is 0 Å². The summed E-state index contributed by atoms with van der Waals surface area (Å²) in [6.07, 6.45) is 2.78. The Bertz CT molecular complexity index is 1140. The third-order valence-corrected chi connectivity index (χ3v) is 5.97. The van der Waals surface area contributed by atoms with Crippen LogP contribution in [0.25, 0.3) is 0 Å². The summed E-state index contributed by atoms with van der Waals surface area (Å²) in [5, 5.41) is 4.72. The number of oxime groups is 1. The van der Waals surface area contributed by atoms with Gasteiger partial charge in [-0.3, -0.25) is 0 Å². The van der Waals surface area contributed by atoms with Gasteiger partial charge in [-0.2, -0.15) is 0 Å². The lowest BCUT2D eigenvalue weighted by molar-refractivity contribution is 0.0516. The van der Waals surface area contributed by atoms with Crippen LogP contribution in [-0.2, 0) is 14.9 Å². The van der Waals surface area contributed by atoms with Crippen molar-refractivity contribution in [1.29, 1.82) is 0 Å². The molecule has 0 N–H and O–H groups in total. The average molecular weight is 437 g/mol. The fourth-order valence-electron chi connectivity index (χ4n) is 2.27. The molecule has 0 aliphatic rings. The van der Waals surface area contributed by atoms with E-state index >= 15 is 0 Å². The molecule has 1 heterocycles. The second-order valence-electron chi connectivity index (χ2n) is 5.75. The van der Waals surface area contributed by atoms with Crippen LogP contribution in [0, 0.1) is 0 Å². The highest BCUT2D eigenvalue weighted by molar-refractivity contribution is 7.90. The van der Waals surface area contributed by atoms with E-state index in [0.29, 0.717) is 26.9 Å². The van der Waals surface area contributed by atoms with Crippen LogP contribution in [-0.4, -0.2) is 24.1 Å². The first-order valence-electron chi connectivity index (χ1n) is 7.98. The summed E-state index contributed by atoms with van der Waals surface area (Å²) in [4.78, 5) is 17.0. The van der Waals surface area contributed by atoms with Gasteiger partial charge in [0.05, 0.1) is 16.2 Å². The zero-order valence-electron chi connectivity index (χ0n) is 14.5. The van der Waals surface area contributed by atoms with Crippen LogP contribution in [0.3, 0.4) is 0 Å². The predicted molar refractivity (Wildman–Crippen MR) is 108 cm³/mol. The van der Waals surface area contributed by atoms with Crippen molar-refractivity contribution in [2.45, 2.75) is 11.8 Å². The molecule has 0 aliphatic heterocycles. The maximum absolute atomic E-state index is 12.6. The molecule has 3 rings (SSSR count). The van der Waals surface area contributed by atoms with E-state index in [2.05, 4.69) is 5.16 Å². The number of rotatable bonds is 5. The van der Waals surface area contributed by atoms with E-state index in [9.17, 15) is 13.2 Å². The lowest BCUT2D eigenvalue weighted by atomic mass is 10.2. The van der Waals surface area contributed by atoms with Gasteiger partial charge in [0, 0.05) is 28.0 Å². The van der Waals surface area contributed by atoms with Gasteiger partial charge in [-0.25, -0.2) is 17.2 Å². The first-order chi connectivity index (χ1) is 13.3. The lowest BCUT2D eigenvalue weighted by Crippen LogP contribution is -2.11. The minimum atomic E-state index is -3.76. The van der Waals surface area contributed by atoms with Crippen LogP contribution in [0.1, 0.15) is 22.8 Å². The normalized spacial score (nSPS) is 12.0. The molecule has 3 aromatic rings. The van der Waals surface area contributed by atoms with Crippen molar-refractivity contribution in [3.8, 4) is 0 Å². The Labute approximate surface area is 172 Å². The summed E-state index contributed by atoms with van der Waals surface area (Å²) in [6, 6.07) is 13.6. The van der Waals surface area contributed by atoms with E-state index in [1.165, 1.54) is 48.8 Å². The van der Waals surface area contributed by atoms with Crippen LogP contribution in [0.5, 0.6) is 0 Å². The van der Waals surface area contributed by atoms with Gasteiger partial charge >= 0.3 is 5.97 Å². The van der Waals surface area contributed by atoms with Gasteiger partial charge in [0.25, 0.3) is 10.0 Å². The van der Waals surface area contributed by atoms with Crippen molar-refractivity contribution in [2.24, 2.45) is 5.16 Å². The highest BCUT2D eigenvalue weighted by Crippen LogP contribution is 2.18. The van der Waals surface area contributed by atoms with Gasteiger partial charge in [-0.15, -0.1) is 0 Å². The maximum atomic E-state index is 12.6. The summed E-state index contributed by atoms with van der Waals surface area (Å²) >= 11 is 11.6. The largest absolute Gasteiger partial charge is 0.365 e. The Balaban J connectivity index is 1.77. The topological polar surface area (TPSA) is 77.7 Å². The Kier molecular flexibility index (Phi) is 5.88. The van der Waals surface area contributed by atoms with Crippen molar-refractivity contribution in [1.82, 2.24) is 3.97 Å². The quantitative estimate of drug-likeness (QED) is 0.332. The molecule has 0 aliphatic carbocycles. The molecular weight excluding hydrogens is 423 g/mol. The lowest BCUT2D eigenvalue weighted by Gasteiger charge is -2.05. The van der Waals surface area contributed by atoms with E-state index in [-0.39, 0.29) is 4.90 Å². The number of nitrogens with zero attached hydrogens (tertiary/aromatic N) is 2. The van der Waals surface area contributed by atoms with Crippen molar-refractivity contribution >= 4 is 44.9 Å². The van der Waals surface area contributed by atoms with Gasteiger partial charge in [0.2, 0.25) is 0 Å². The second-order valence-corrected chi connectivity index (χ2v) is 8.47. The maximum Gasteiger partial charge on any atom is 0.365 e. The van der Waals surface area contributed by atoms with E-state index in [1.807, 2.05) is 0 Å². The Morgan fingerprint density at radius 2 is 1.50 bits per heavy atom. The van der Waals surface area contributed by atoms with Crippen LogP contribution < -0.4 is 0 Å². The van der Waals surface area contributed by atoms with Gasteiger partial charge < -0.3 is 4.84 Å². The van der Waals surface area contributed by atoms with Gasteiger partial charge in [-0.1, -0.05) is 28.4 Å². The van der Waals surface area contributed by atoms with Gasteiger partial charge in [-0.05, 0) is 61.5 Å². The third-order valence-electron chi connectivity index (χ3n) is 3.82. The minimum absolute atomic E-state index is 0.0998. The van der Waals surface area contributed by atoms with Gasteiger partial charge in [0.1, 0.15) is 0 Å². The van der Waals surface area contributed by atoms with E-state index in [1.54, 1.807) is 25.1 Å². The fourth-order valence-corrected chi connectivity index (χ4v) is 3.72. The summed E-state index contributed by atoms with van der Waals surface area (Å²) < 4.78 is 26.3. The monoisotopic (exact) mass is 436 g/mol. The molecule has 144 valence electrons. The molecule has 28 heavy (non-hydrogen) atoms. The molecule has 0 radical (unpaired) electrons. The van der Waals surface area contributed by atoms with E-state index < -0.39 is 16.0 Å². The number of halogens is 2. The number of carbonyl (C=O) groups is 1. The van der Waals surface area contributed by atoms with Crippen LogP contribution in [0.15, 0.2) is 77.0 Å². The Morgan fingerprint density at radius 3 is 2.11 bits per heavy atom. The molecule has 0 atom stereocenters. The smallest absolute Gasteiger partial charge is 0.313 e. The number of carbonyl (C=O) groups excluding carboxylic acids is 1. The van der Waals surface area contributed by atoms with E-state index in [4.69, 9.17) is 28.0 Å². The minimum Gasteiger partial charge on any atom is -0.313 e. The Morgan fingerprint density at radius 1 is 0.929 bits per heavy atom. The number of hydrogen-bond donors (Lipinski definition) is 0. The molecule has 0 amide bonds. The zero-order chi connectivity index (χ0) is 20.3. The summed E-state index contributed by atoms with van der Waals surface area (Å²) in [6.45, 7) is 1.60. The third kappa shape index (κ3) is 4.44. The highest BCUT2D eigenvalue weighted by Gasteiger charge is 2.17. The van der Waals surface area contributed by atoms with E-state index in [0.717, 1.165) is 3.97 Å². The standard InChI is InChI=1S/C19H14Cl2N2O4S/c1-13(22-27-19(24)14-2-4-16(20)5-3-14)15-10-11-23(12-15)28(25,26)18-8-6-17(21)7-9-18/h2-12H,1H3/b22-13+. The number of hydrogen-bond acceptors (Lipinski definition) is 5. The van der Waals surface area contributed by atoms with Crippen molar-refractivity contribution < 1.29 is 18.0 Å². The fraction of sp³-hybridized carbons (Fsp3) is 0.0526. The number of benzene rings is 2. The molecule has 9 heteroatoms. The first kappa shape index (κ1) is 20.1. The van der Waals surface area contributed by atoms with Gasteiger partial charge in [0.15, 0.2) is 0 Å². The summed E-state index contributed by atoms with van der Waals surface area (Å²) in [5.74, 6) is -0.649. The van der Waals surface area contributed by atoms with Crippen molar-refractivity contribution in [3.05, 3.63) is 88.2 Å². The molecule has 0 saturated carbocycles. The molecule has 6 nitrogen and oxygen atoms in total. The predicted octanol–water partition coefficient (Wildman–Crippen LogP) is 4.61. The highest BCUT2D eigenvalue weighted by atomic mass is 35.5. The molecule has 2 aromatic carbocycles. The molecule has 1 aromatic heterocycles. The molecule has 0 unspecified atom stereocenters. The van der Waals surface area contributed by atoms with Crippen LogP contribution in [0.4, 0.5) is 0 Å². The average Bonchev–Trinajstić information content (AvgIpc) is 3.18. The second kappa shape index (κ2) is 8.18. The molecular formula is C19H14Cl2N2O4S. The molecule has 0 bridgehead atoms. The van der Waals surface area contributed by atoms with Crippen molar-refractivity contribution in [3.63, 3.8) is 0 Å². The van der Waals surface area contributed by atoms with Crippen LogP contribution >= 0.6 is 23.2 Å². The molecule has 0 fully saturated rings. The molecule has 0 saturated heterocycles. The zero-order valence-corrected chi connectivity index (χ0v) is 16.9. The first-order valence-corrected chi connectivity index (χ1v) is 10.2. The number of aromatic nitrogens is 1. The molecule has 0 spiro atoms. The summed E-state index contributed by atoms with van der Waals surface area (Å²) in [5.41, 5.74) is 1.12.